The number of nitrogens with zero attached hydrogens (tertiary/aromatic N) is 2. The van der Waals surface area contributed by atoms with Gasteiger partial charge in [0.15, 0.2) is 0 Å². The number of aromatic hydroxyl groups is 1. The van der Waals surface area contributed by atoms with Crippen LogP contribution in [0.5, 0.6) is 5.75 Å². The maximum absolute atomic E-state index is 12.2. The lowest BCUT2D eigenvalue weighted by molar-refractivity contribution is -0.394. The summed E-state index contributed by atoms with van der Waals surface area (Å²) >= 11 is 11.7. The van der Waals surface area contributed by atoms with E-state index < -0.39 is 38.4 Å². The van der Waals surface area contributed by atoms with Gasteiger partial charge in [-0.1, -0.05) is 23.2 Å². The van der Waals surface area contributed by atoms with Gasteiger partial charge in [0.25, 0.3) is 11.6 Å². The molecule has 11 heteroatoms. The fraction of sp³-hybridized carbons (Fsp3) is 0. The molecule has 0 unspecified atom stereocenters. The molecule has 2 aromatic rings. The summed E-state index contributed by atoms with van der Waals surface area (Å²) in [5.41, 5.74) is -2.26. The van der Waals surface area contributed by atoms with Gasteiger partial charge in [-0.05, 0) is 18.2 Å². The van der Waals surface area contributed by atoms with Crippen molar-refractivity contribution in [2.45, 2.75) is 0 Å². The molecule has 2 rings (SSSR count). The lowest BCUT2D eigenvalue weighted by atomic mass is 10.1. The first kappa shape index (κ1) is 17.4. The Morgan fingerprint density at radius 1 is 1.08 bits per heavy atom. The Bertz CT molecular complexity index is 871. The number of phenols is 1. The summed E-state index contributed by atoms with van der Waals surface area (Å²) < 4.78 is 0. The number of nitro benzene ring substituents is 2. The van der Waals surface area contributed by atoms with Gasteiger partial charge in [-0.25, -0.2) is 0 Å². The van der Waals surface area contributed by atoms with Crippen LogP contribution in [0.3, 0.4) is 0 Å². The van der Waals surface area contributed by atoms with Crippen LogP contribution in [0.1, 0.15) is 10.4 Å². The van der Waals surface area contributed by atoms with Crippen molar-refractivity contribution in [2.24, 2.45) is 0 Å². The second-order valence-corrected chi connectivity index (χ2v) is 5.30. The van der Waals surface area contributed by atoms with Crippen LogP contribution in [0.15, 0.2) is 30.3 Å². The second kappa shape index (κ2) is 6.69. The molecule has 0 aliphatic heterocycles. The molecule has 0 radical (unpaired) electrons. The van der Waals surface area contributed by atoms with Crippen molar-refractivity contribution < 1.29 is 19.7 Å². The third-order valence-electron chi connectivity index (χ3n) is 2.90. The van der Waals surface area contributed by atoms with E-state index in [0.717, 1.165) is 6.07 Å². The Hall–Kier alpha value is -2.91. The predicted molar refractivity (Wildman–Crippen MR) is 85.8 cm³/mol. The molecule has 9 nitrogen and oxygen atoms in total. The molecule has 0 atom stereocenters. The highest BCUT2D eigenvalue weighted by atomic mass is 35.5. The Morgan fingerprint density at radius 3 is 2.33 bits per heavy atom. The van der Waals surface area contributed by atoms with Gasteiger partial charge in [0.2, 0.25) is 5.75 Å². The molecule has 0 aromatic heterocycles. The molecule has 1 amide bonds. The number of benzene rings is 2. The van der Waals surface area contributed by atoms with E-state index in [1.807, 2.05) is 0 Å². The van der Waals surface area contributed by atoms with Gasteiger partial charge in [0.05, 0.1) is 32.2 Å². The number of hydrogen-bond acceptors (Lipinski definition) is 6. The van der Waals surface area contributed by atoms with Crippen LogP contribution >= 0.6 is 23.2 Å². The molecule has 24 heavy (non-hydrogen) atoms. The van der Waals surface area contributed by atoms with Crippen molar-refractivity contribution in [3.05, 3.63) is 66.2 Å². The molecule has 0 aliphatic carbocycles. The van der Waals surface area contributed by atoms with Gasteiger partial charge in [0.1, 0.15) is 0 Å². The monoisotopic (exact) mass is 371 g/mol. The summed E-state index contributed by atoms with van der Waals surface area (Å²) in [4.78, 5) is 32.0. The number of nitrogens with one attached hydrogen (secondary N) is 1. The molecule has 124 valence electrons. The van der Waals surface area contributed by atoms with Crippen molar-refractivity contribution in [2.75, 3.05) is 5.32 Å². The van der Waals surface area contributed by atoms with E-state index >= 15 is 0 Å². The van der Waals surface area contributed by atoms with Crippen LogP contribution in [0.2, 0.25) is 10.0 Å². The summed E-state index contributed by atoms with van der Waals surface area (Å²) in [6.07, 6.45) is 0. The number of phenolic OH excluding ortho intramolecular Hbond substituents is 1. The molecular formula is C13H7Cl2N3O6. The summed E-state index contributed by atoms with van der Waals surface area (Å²) in [6.45, 7) is 0. The van der Waals surface area contributed by atoms with Gasteiger partial charge < -0.3 is 10.4 Å². The van der Waals surface area contributed by atoms with Crippen molar-refractivity contribution in [3.63, 3.8) is 0 Å². The van der Waals surface area contributed by atoms with Crippen LogP contribution in [-0.4, -0.2) is 20.9 Å². The molecule has 0 saturated heterocycles. The number of non-ortho nitro benzene ring substituents is 1. The fourth-order valence-corrected chi connectivity index (χ4v) is 2.14. The number of carbonyl (C=O) groups is 1. The topological polar surface area (TPSA) is 136 Å². The number of hydrogen-bond donors (Lipinski definition) is 2. The minimum Gasteiger partial charge on any atom is -0.502 e. The molecule has 0 saturated carbocycles. The summed E-state index contributed by atoms with van der Waals surface area (Å²) in [5.74, 6) is -2.02. The number of amides is 1. The van der Waals surface area contributed by atoms with Gasteiger partial charge in [-0.2, -0.15) is 0 Å². The van der Waals surface area contributed by atoms with E-state index in [2.05, 4.69) is 5.32 Å². The molecule has 2 aromatic carbocycles. The molecule has 0 bridgehead atoms. The number of halogens is 2. The molecule has 2 N–H and O–H groups in total. The van der Waals surface area contributed by atoms with E-state index in [1.165, 1.54) is 18.2 Å². The smallest absolute Gasteiger partial charge is 0.318 e. The van der Waals surface area contributed by atoms with Crippen molar-refractivity contribution in [3.8, 4) is 5.75 Å². The average Bonchev–Trinajstić information content (AvgIpc) is 2.50. The van der Waals surface area contributed by atoms with Crippen molar-refractivity contribution >= 4 is 46.2 Å². The van der Waals surface area contributed by atoms with Crippen molar-refractivity contribution in [1.82, 2.24) is 0 Å². The van der Waals surface area contributed by atoms with Crippen molar-refractivity contribution in [1.29, 1.82) is 0 Å². The number of anilines is 1. The lowest BCUT2D eigenvalue weighted by Gasteiger charge is -2.09. The Labute approximate surface area is 143 Å². The van der Waals surface area contributed by atoms with Gasteiger partial charge in [-0.15, -0.1) is 0 Å². The third kappa shape index (κ3) is 3.53. The highest BCUT2D eigenvalue weighted by Crippen LogP contribution is 2.35. The van der Waals surface area contributed by atoms with Crippen LogP contribution in [-0.2, 0) is 0 Å². The van der Waals surface area contributed by atoms with Crippen LogP contribution in [0, 0.1) is 20.2 Å². The fourth-order valence-electron chi connectivity index (χ4n) is 1.80. The third-order valence-corrected chi connectivity index (χ3v) is 3.47. The minimum atomic E-state index is -1.04. The van der Waals surface area contributed by atoms with E-state index in [0.29, 0.717) is 6.07 Å². The largest absolute Gasteiger partial charge is 0.502 e. The Balaban J connectivity index is 2.50. The number of carbonyl (C=O) groups excluding carboxylic acids is 1. The van der Waals surface area contributed by atoms with E-state index in [1.54, 1.807) is 0 Å². The summed E-state index contributed by atoms with van der Waals surface area (Å²) in [6, 6.07) is 5.45. The zero-order chi connectivity index (χ0) is 18.0. The zero-order valence-electron chi connectivity index (χ0n) is 11.5. The molecule has 0 heterocycles. The first-order chi connectivity index (χ1) is 11.2. The van der Waals surface area contributed by atoms with Crippen LogP contribution < -0.4 is 5.32 Å². The van der Waals surface area contributed by atoms with Gasteiger partial charge >= 0.3 is 5.69 Å². The Kier molecular flexibility index (Phi) is 4.86. The molecular weight excluding hydrogens is 365 g/mol. The normalized spacial score (nSPS) is 10.2. The predicted octanol–water partition coefficient (Wildman–Crippen LogP) is 3.77. The maximum atomic E-state index is 12.2. The standard InChI is InChI=1S/C13H7Cl2N3O6/c14-6-1-2-9(15)10(3-6)16-13(20)8-4-7(17(21)22)5-11(12(8)19)18(23)24/h1-5,19H,(H,16,20). The molecule has 0 fully saturated rings. The first-order valence-electron chi connectivity index (χ1n) is 6.13. The SMILES string of the molecule is O=C(Nc1cc(Cl)ccc1Cl)c1cc([N+](=O)[O-])cc([N+](=O)[O-])c1O. The van der Waals surface area contributed by atoms with Crippen LogP contribution in [0.4, 0.5) is 17.1 Å². The van der Waals surface area contributed by atoms with E-state index in [4.69, 9.17) is 23.2 Å². The maximum Gasteiger partial charge on any atom is 0.318 e. The van der Waals surface area contributed by atoms with Gasteiger partial charge in [0, 0.05) is 11.1 Å². The number of nitro groups is 2. The lowest BCUT2D eigenvalue weighted by Crippen LogP contribution is -2.13. The van der Waals surface area contributed by atoms with E-state index in [9.17, 15) is 30.1 Å². The van der Waals surface area contributed by atoms with Gasteiger partial charge in [-0.3, -0.25) is 25.0 Å². The number of rotatable bonds is 4. The summed E-state index contributed by atoms with van der Waals surface area (Å²) in [7, 11) is 0. The summed E-state index contributed by atoms with van der Waals surface area (Å²) in [5, 5.41) is 34.2. The quantitative estimate of drug-likeness (QED) is 0.619. The van der Waals surface area contributed by atoms with E-state index in [-0.39, 0.29) is 15.7 Å². The first-order valence-corrected chi connectivity index (χ1v) is 6.88. The molecule has 0 aliphatic rings. The average molecular weight is 372 g/mol. The zero-order valence-corrected chi connectivity index (χ0v) is 13.0. The Morgan fingerprint density at radius 2 is 1.75 bits per heavy atom. The highest BCUT2D eigenvalue weighted by Gasteiger charge is 2.27. The highest BCUT2D eigenvalue weighted by molar-refractivity contribution is 6.36. The van der Waals surface area contributed by atoms with Crippen LogP contribution in [0.25, 0.3) is 0 Å². The molecule has 0 spiro atoms. The second-order valence-electron chi connectivity index (χ2n) is 4.45. The minimum absolute atomic E-state index is 0.0720.